The zero-order valence-electron chi connectivity index (χ0n) is 14.1. The van der Waals surface area contributed by atoms with E-state index in [1.165, 1.54) is 0 Å². The molecule has 26 heavy (non-hydrogen) atoms. The summed E-state index contributed by atoms with van der Waals surface area (Å²) in [6.07, 6.45) is 2.50. The highest BCUT2D eigenvalue weighted by atomic mass is 35.5. The molecule has 142 valence electrons. The van der Waals surface area contributed by atoms with Crippen molar-refractivity contribution in [1.29, 1.82) is 0 Å². The predicted molar refractivity (Wildman–Crippen MR) is 106 cm³/mol. The number of hydrogen-bond donors (Lipinski definition) is 3. The highest BCUT2D eigenvalue weighted by Gasteiger charge is 2.31. The molecule has 0 spiro atoms. The number of nitrogens with two attached hydrogens (primary N) is 1. The smallest absolute Gasteiger partial charge is 0.271 e. The molecule has 4 N–H and O–H groups in total. The monoisotopic (exact) mass is 415 g/mol. The van der Waals surface area contributed by atoms with Gasteiger partial charge >= 0.3 is 0 Å². The Hall–Kier alpha value is -1.61. The molecule has 2 aromatic rings. The van der Waals surface area contributed by atoms with Crippen LogP contribution < -0.4 is 15.8 Å². The van der Waals surface area contributed by atoms with Crippen molar-refractivity contribution in [1.82, 2.24) is 5.32 Å². The van der Waals surface area contributed by atoms with Crippen LogP contribution in [-0.2, 0) is 21.2 Å². The van der Waals surface area contributed by atoms with E-state index in [1.54, 1.807) is 41.8 Å². The summed E-state index contributed by atoms with van der Waals surface area (Å²) in [6, 6.07) is 10.1. The van der Waals surface area contributed by atoms with Gasteiger partial charge in [0.2, 0.25) is 5.91 Å². The molecule has 0 saturated heterocycles. The fourth-order valence-electron chi connectivity index (χ4n) is 2.62. The van der Waals surface area contributed by atoms with E-state index in [1.807, 2.05) is 0 Å². The number of amides is 1. The Morgan fingerprint density at radius 1 is 1.23 bits per heavy atom. The third-order valence-corrected chi connectivity index (χ3v) is 6.90. The Morgan fingerprint density at radius 2 is 1.92 bits per heavy atom. The van der Waals surface area contributed by atoms with Gasteiger partial charge in [-0.05, 0) is 47.9 Å². The molecule has 0 bridgehead atoms. The summed E-state index contributed by atoms with van der Waals surface area (Å²) < 4.78 is 27.1. The van der Waals surface area contributed by atoms with Gasteiger partial charge < -0.3 is 11.1 Å². The molecule has 1 heterocycles. The first-order valence-electron chi connectivity index (χ1n) is 8.12. The summed E-state index contributed by atoms with van der Waals surface area (Å²) >= 11 is 1.16. The van der Waals surface area contributed by atoms with Crippen LogP contribution in [0, 0.1) is 5.92 Å². The van der Waals surface area contributed by atoms with Crippen molar-refractivity contribution in [3.8, 4) is 0 Å². The molecule has 1 aliphatic carbocycles. The van der Waals surface area contributed by atoms with Gasteiger partial charge in [-0.3, -0.25) is 9.52 Å². The Kier molecular flexibility index (Phi) is 7.05. The molecule has 0 radical (unpaired) electrons. The molecule has 1 aliphatic rings. The molecule has 1 fully saturated rings. The van der Waals surface area contributed by atoms with Crippen molar-refractivity contribution >= 4 is 45.4 Å². The van der Waals surface area contributed by atoms with Gasteiger partial charge in [0.15, 0.2) is 0 Å². The molecule has 3 rings (SSSR count). The molecule has 1 unspecified atom stereocenters. The minimum atomic E-state index is -3.55. The average Bonchev–Trinajstić information content (AvgIpc) is 3.26. The minimum Gasteiger partial charge on any atom is -0.352 e. The second-order valence-electron chi connectivity index (χ2n) is 6.16. The first-order valence-corrected chi connectivity index (χ1v) is 10.5. The molecule has 1 atom stereocenters. The molecule has 9 heteroatoms. The van der Waals surface area contributed by atoms with Gasteiger partial charge in [0.05, 0.1) is 6.42 Å². The van der Waals surface area contributed by atoms with Gasteiger partial charge in [-0.2, -0.15) is 0 Å². The van der Waals surface area contributed by atoms with Crippen molar-refractivity contribution < 1.29 is 13.2 Å². The first-order chi connectivity index (χ1) is 12.0. The molecule has 0 aliphatic heterocycles. The Morgan fingerprint density at radius 3 is 2.46 bits per heavy atom. The summed E-state index contributed by atoms with van der Waals surface area (Å²) in [4.78, 5) is 12.1. The van der Waals surface area contributed by atoms with E-state index in [2.05, 4.69) is 10.0 Å². The quantitative estimate of drug-likeness (QED) is 0.616. The SMILES string of the molecule is Cl.NCC(NC(=O)Cc1ccc(NS(=O)(=O)c2cccs2)cc1)C1CC1. The lowest BCUT2D eigenvalue weighted by molar-refractivity contribution is -0.121. The second kappa shape index (κ2) is 8.85. The fraction of sp³-hybridized carbons (Fsp3) is 0.353. The number of rotatable bonds is 8. The number of sulfonamides is 1. The zero-order chi connectivity index (χ0) is 17.9. The van der Waals surface area contributed by atoms with Gasteiger partial charge in [-0.25, -0.2) is 8.42 Å². The Bertz CT molecular complexity index is 819. The lowest BCUT2D eigenvalue weighted by atomic mass is 10.1. The summed E-state index contributed by atoms with van der Waals surface area (Å²) in [5.41, 5.74) is 6.99. The highest BCUT2D eigenvalue weighted by Crippen LogP contribution is 2.32. The number of benzene rings is 1. The summed E-state index contributed by atoms with van der Waals surface area (Å²) in [6.45, 7) is 0.458. The van der Waals surface area contributed by atoms with Crippen LogP contribution in [-0.4, -0.2) is 26.9 Å². The van der Waals surface area contributed by atoms with Crippen LogP contribution in [0.25, 0.3) is 0 Å². The van der Waals surface area contributed by atoms with Crippen molar-refractivity contribution in [2.45, 2.75) is 29.5 Å². The van der Waals surface area contributed by atoms with E-state index in [4.69, 9.17) is 5.73 Å². The second-order valence-corrected chi connectivity index (χ2v) is 9.02. The van der Waals surface area contributed by atoms with Gasteiger partial charge in [0.25, 0.3) is 10.0 Å². The molecular weight excluding hydrogens is 394 g/mol. The maximum atomic E-state index is 12.2. The first kappa shape index (κ1) is 20.7. The molecular formula is C17H22ClN3O3S2. The lowest BCUT2D eigenvalue weighted by Gasteiger charge is -2.16. The number of carbonyl (C=O) groups excluding carboxylic acids is 1. The molecule has 1 saturated carbocycles. The van der Waals surface area contributed by atoms with Crippen LogP contribution in [0.4, 0.5) is 5.69 Å². The standard InChI is InChI=1S/C17H21N3O3S2.ClH/c18-11-15(13-5-6-13)19-16(21)10-12-3-7-14(8-4-12)20-25(22,23)17-2-1-9-24-17;/h1-4,7-9,13,15,20H,5-6,10-11,18H2,(H,19,21);1H. The largest absolute Gasteiger partial charge is 0.352 e. The highest BCUT2D eigenvalue weighted by molar-refractivity contribution is 7.94. The van der Waals surface area contributed by atoms with Gasteiger partial charge in [-0.1, -0.05) is 18.2 Å². The zero-order valence-corrected chi connectivity index (χ0v) is 16.5. The van der Waals surface area contributed by atoms with Crippen LogP contribution in [0.5, 0.6) is 0 Å². The maximum Gasteiger partial charge on any atom is 0.271 e. The maximum absolute atomic E-state index is 12.2. The van der Waals surface area contributed by atoms with Crippen LogP contribution >= 0.6 is 23.7 Å². The van der Waals surface area contributed by atoms with Crippen molar-refractivity contribution in [3.05, 3.63) is 47.3 Å². The van der Waals surface area contributed by atoms with Crippen molar-refractivity contribution in [3.63, 3.8) is 0 Å². The number of anilines is 1. The molecule has 1 aromatic heterocycles. The summed E-state index contributed by atoms with van der Waals surface area (Å²) in [5, 5.41) is 4.69. The third-order valence-electron chi connectivity index (χ3n) is 4.12. The Balaban J connectivity index is 0.00000243. The minimum absolute atomic E-state index is 0. The third kappa shape index (κ3) is 5.44. The van der Waals surface area contributed by atoms with Crippen LogP contribution in [0.15, 0.2) is 46.0 Å². The number of hydrogen-bond acceptors (Lipinski definition) is 5. The van der Waals surface area contributed by atoms with E-state index < -0.39 is 10.0 Å². The fourth-order valence-corrected chi connectivity index (χ4v) is 4.67. The van der Waals surface area contributed by atoms with Crippen LogP contribution in [0.1, 0.15) is 18.4 Å². The number of halogens is 1. The number of carbonyl (C=O) groups is 1. The van der Waals surface area contributed by atoms with Gasteiger partial charge in [0.1, 0.15) is 4.21 Å². The van der Waals surface area contributed by atoms with E-state index in [0.717, 1.165) is 29.7 Å². The molecule has 6 nitrogen and oxygen atoms in total. The van der Waals surface area contributed by atoms with E-state index in [9.17, 15) is 13.2 Å². The van der Waals surface area contributed by atoms with E-state index in [0.29, 0.717) is 18.2 Å². The topological polar surface area (TPSA) is 101 Å². The van der Waals surface area contributed by atoms with Crippen molar-refractivity contribution in [2.24, 2.45) is 11.7 Å². The molecule has 1 amide bonds. The van der Waals surface area contributed by atoms with Gasteiger partial charge in [0, 0.05) is 18.3 Å². The van der Waals surface area contributed by atoms with E-state index in [-0.39, 0.29) is 35.0 Å². The van der Waals surface area contributed by atoms with Crippen LogP contribution in [0.2, 0.25) is 0 Å². The number of nitrogens with one attached hydrogen (secondary N) is 2. The Labute approximate surface area is 163 Å². The van der Waals surface area contributed by atoms with E-state index >= 15 is 0 Å². The lowest BCUT2D eigenvalue weighted by Crippen LogP contribution is -2.42. The summed E-state index contributed by atoms with van der Waals surface area (Å²) in [7, 11) is -3.55. The van der Waals surface area contributed by atoms with Gasteiger partial charge in [-0.15, -0.1) is 23.7 Å². The predicted octanol–water partition coefficient (Wildman–Crippen LogP) is 2.37. The average molecular weight is 416 g/mol. The molecule has 1 aromatic carbocycles. The normalized spacial score (nSPS) is 15.0. The van der Waals surface area contributed by atoms with Crippen molar-refractivity contribution in [2.75, 3.05) is 11.3 Å². The summed E-state index contributed by atoms with van der Waals surface area (Å²) in [5.74, 6) is 0.456. The van der Waals surface area contributed by atoms with Crippen LogP contribution in [0.3, 0.4) is 0 Å². The number of thiophene rings is 1.